The Balaban J connectivity index is 1.27. The normalized spacial score (nSPS) is 15.9. The summed E-state index contributed by atoms with van der Waals surface area (Å²) in [5.74, 6) is 1.28. The molecule has 0 spiro atoms. The molecule has 0 unspecified atom stereocenters. The zero-order valence-corrected chi connectivity index (χ0v) is 13.7. The Morgan fingerprint density at radius 1 is 1.21 bits per heavy atom. The number of ether oxygens (including phenoxy) is 2. The van der Waals surface area contributed by atoms with Crippen LogP contribution in [0.15, 0.2) is 35.7 Å². The fourth-order valence-corrected chi connectivity index (χ4v) is 3.44. The van der Waals surface area contributed by atoms with Gasteiger partial charge in [0, 0.05) is 19.6 Å². The van der Waals surface area contributed by atoms with Crippen molar-refractivity contribution in [3.8, 4) is 11.5 Å². The molecule has 1 aromatic carbocycles. The average molecular weight is 344 g/mol. The highest BCUT2D eigenvalue weighted by molar-refractivity contribution is 7.12. The van der Waals surface area contributed by atoms with Gasteiger partial charge in [0.25, 0.3) is 5.91 Å². The molecule has 2 amide bonds. The van der Waals surface area contributed by atoms with E-state index in [1.54, 1.807) is 11.0 Å². The highest BCUT2D eigenvalue weighted by Gasteiger charge is 2.36. The molecule has 3 heterocycles. The molecule has 4 rings (SSSR count). The van der Waals surface area contributed by atoms with Gasteiger partial charge < -0.3 is 19.7 Å². The standard InChI is InChI=1S/C17H16N2O4S/c20-16(12-8-19(9-12)17(21)15-2-1-5-24-15)18-7-11-3-4-13-14(6-11)23-10-22-13/h1-6,12H,7-10H2,(H,18,20). The van der Waals surface area contributed by atoms with Crippen LogP contribution in [0.1, 0.15) is 15.2 Å². The summed E-state index contributed by atoms with van der Waals surface area (Å²) in [5, 5.41) is 4.79. The summed E-state index contributed by atoms with van der Waals surface area (Å²) < 4.78 is 10.6. The molecule has 0 aliphatic carbocycles. The van der Waals surface area contributed by atoms with Gasteiger partial charge >= 0.3 is 0 Å². The van der Waals surface area contributed by atoms with Crippen molar-refractivity contribution in [3.05, 3.63) is 46.2 Å². The van der Waals surface area contributed by atoms with Crippen LogP contribution in [0.4, 0.5) is 0 Å². The molecule has 0 atom stereocenters. The molecular weight excluding hydrogens is 328 g/mol. The molecule has 1 aromatic heterocycles. The number of hydrogen-bond acceptors (Lipinski definition) is 5. The second-order valence-electron chi connectivity index (χ2n) is 5.79. The maximum Gasteiger partial charge on any atom is 0.263 e. The van der Waals surface area contributed by atoms with Gasteiger partial charge in [0.1, 0.15) is 0 Å². The second-order valence-corrected chi connectivity index (χ2v) is 6.74. The summed E-state index contributed by atoms with van der Waals surface area (Å²) in [4.78, 5) is 26.7. The van der Waals surface area contributed by atoms with Crippen molar-refractivity contribution in [2.45, 2.75) is 6.54 Å². The molecule has 2 aliphatic heterocycles. The van der Waals surface area contributed by atoms with Gasteiger partial charge in [0.15, 0.2) is 11.5 Å². The molecule has 1 saturated heterocycles. The van der Waals surface area contributed by atoms with E-state index >= 15 is 0 Å². The predicted octanol–water partition coefficient (Wildman–Crippen LogP) is 1.87. The summed E-state index contributed by atoms with van der Waals surface area (Å²) in [5.41, 5.74) is 0.957. The lowest BCUT2D eigenvalue weighted by Gasteiger charge is -2.37. The number of nitrogens with one attached hydrogen (secondary N) is 1. The minimum absolute atomic E-state index is 0.00446. The summed E-state index contributed by atoms with van der Waals surface area (Å²) in [6.45, 7) is 1.62. The van der Waals surface area contributed by atoms with Gasteiger partial charge in [0.2, 0.25) is 12.7 Å². The summed E-state index contributed by atoms with van der Waals surface area (Å²) in [6.07, 6.45) is 0. The first-order chi connectivity index (χ1) is 11.7. The number of rotatable bonds is 4. The van der Waals surface area contributed by atoms with Gasteiger partial charge in [-0.25, -0.2) is 0 Å². The van der Waals surface area contributed by atoms with Gasteiger partial charge in [-0.05, 0) is 29.1 Å². The molecule has 0 radical (unpaired) electrons. The molecule has 124 valence electrons. The predicted molar refractivity (Wildman–Crippen MR) is 88.1 cm³/mol. The monoisotopic (exact) mass is 344 g/mol. The Morgan fingerprint density at radius 2 is 2.04 bits per heavy atom. The molecule has 2 aliphatic rings. The lowest BCUT2D eigenvalue weighted by Crippen LogP contribution is -2.55. The molecule has 7 heteroatoms. The maximum atomic E-state index is 12.2. The van der Waals surface area contributed by atoms with Gasteiger partial charge in [-0.1, -0.05) is 12.1 Å². The number of carbonyl (C=O) groups excluding carboxylic acids is 2. The smallest absolute Gasteiger partial charge is 0.263 e. The Kier molecular flexibility index (Phi) is 3.86. The maximum absolute atomic E-state index is 12.2. The number of carbonyl (C=O) groups is 2. The number of amides is 2. The summed E-state index contributed by atoms with van der Waals surface area (Å²) >= 11 is 1.42. The number of fused-ring (bicyclic) bond motifs is 1. The molecule has 1 N–H and O–H groups in total. The minimum atomic E-state index is -0.136. The van der Waals surface area contributed by atoms with Gasteiger partial charge in [0.05, 0.1) is 10.8 Å². The van der Waals surface area contributed by atoms with Crippen molar-refractivity contribution in [2.24, 2.45) is 5.92 Å². The Labute approximate surface area is 143 Å². The van der Waals surface area contributed by atoms with Crippen molar-refractivity contribution in [3.63, 3.8) is 0 Å². The topological polar surface area (TPSA) is 67.9 Å². The lowest BCUT2D eigenvalue weighted by molar-refractivity contribution is -0.129. The molecule has 2 aromatic rings. The highest BCUT2D eigenvalue weighted by Crippen LogP contribution is 2.32. The Bertz CT molecular complexity index is 769. The van der Waals surface area contributed by atoms with E-state index in [9.17, 15) is 9.59 Å². The molecule has 24 heavy (non-hydrogen) atoms. The van der Waals surface area contributed by atoms with E-state index in [1.165, 1.54) is 11.3 Å². The number of thiophene rings is 1. The van der Waals surface area contributed by atoms with Crippen molar-refractivity contribution >= 4 is 23.2 Å². The highest BCUT2D eigenvalue weighted by atomic mass is 32.1. The van der Waals surface area contributed by atoms with Crippen molar-refractivity contribution in [2.75, 3.05) is 19.9 Å². The SMILES string of the molecule is O=C(NCc1ccc2c(c1)OCO2)C1CN(C(=O)c2cccs2)C1. The van der Waals surface area contributed by atoms with Crippen LogP contribution in [-0.2, 0) is 11.3 Å². The summed E-state index contributed by atoms with van der Waals surface area (Å²) in [7, 11) is 0. The fraction of sp³-hybridized carbons (Fsp3) is 0.294. The van der Waals surface area contributed by atoms with Crippen LogP contribution < -0.4 is 14.8 Å². The van der Waals surface area contributed by atoms with Crippen LogP contribution in [0.2, 0.25) is 0 Å². The quantitative estimate of drug-likeness (QED) is 0.919. The van der Waals surface area contributed by atoms with E-state index in [0.29, 0.717) is 30.3 Å². The zero-order chi connectivity index (χ0) is 16.5. The van der Waals surface area contributed by atoms with Crippen molar-refractivity contribution in [1.82, 2.24) is 10.2 Å². The van der Waals surface area contributed by atoms with Crippen LogP contribution in [0, 0.1) is 5.92 Å². The van der Waals surface area contributed by atoms with E-state index in [1.807, 2.05) is 29.6 Å². The third-order valence-corrected chi connectivity index (χ3v) is 5.03. The third-order valence-electron chi connectivity index (χ3n) is 4.18. The largest absolute Gasteiger partial charge is 0.454 e. The van der Waals surface area contributed by atoms with Crippen LogP contribution in [-0.4, -0.2) is 36.6 Å². The van der Waals surface area contributed by atoms with Crippen molar-refractivity contribution < 1.29 is 19.1 Å². The zero-order valence-electron chi connectivity index (χ0n) is 12.9. The lowest BCUT2D eigenvalue weighted by atomic mass is 9.98. The Hall–Kier alpha value is -2.54. The number of likely N-dealkylation sites (tertiary alicyclic amines) is 1. The van der Waals surface area contributed by atoms with E-state index < -0.39 is 0 Å². The average Bonchev–Trinajstić information content (AvgIpc) is 3.22. The molecule has 1 fully saturated rings. The van der Waals surface area contributed by atoms with Gasteiger partial charge in [-0.2, -0.15) is 0 Å². The first-order valence-electron chi connectivity index (χ1n) is 7.70. The van der Waals surface area contributed by atoms with E-state index in [0.717, 1.165) is 11.3 Å². The van der Waals surface area contributed by atoms with E-state index in [-0.39, 0.29) is 24.5 Å². The van der Waals surface area contributed by atoms with Crippen LogP contribution in [0.25, 0.3) is 0 Å². The number of nitrogens with zero attached hydrogens (tertiary/aromatic N) is 1. The molecule has 0 bridgehead atoms. The first kappa shape index (κ1) is 15.0. The van der Waals surface area contributed by atoms with Gasteiger partial charge in [-0.3, -0.25) is 9.59 Å². The van der Waals surface area contributed by atoms with Crippen LogP contribution in [0.5, 0.6) is 11.5 Å². The summed E-state index contributed by atoms with van der Waals surface area (Å²) in [6, 6.07) is 9.28. The van der Waals surface area contributed by atoms with Crippen molar-refractivity contribution in [1.29, 1.82) is 0 Å². The van der Waals surface area contributed by atoms with Crippen LogP contribution in [0.3, 0.4) is 0 Å². The number of benzene rings is 1. The van der Waals surface area contributed by atoms with E-state index in [4.69, 9.17) is 9.47 Å². The van der Waals surface area contributed by atoms with E-state index in [2.05, 4.69) is 5.32 Å². The number of hydrogen-bond donors (Lipinski definition) is 1. The second kappa shape index (κ2) is 6.16. The van der Waals surface area contributed by atoms with Crippen LogP contribution >= 0.6 is 11.3 Å². The first-order valence-corrected chi connectivity index (χ1v) is 8.58. The Morgan fingerprint density at radius 3 is 2.83 bits per heavy atom. The fourth-order valence-electron chi connectivity index (χ4n) is 2.75. The molecule has 6 nitrogen and oxygen atoms in total. The third kappa shape index (κ3) is 2.82. The molecule has 0 saturated carbocycles. The minimum Gasteiger partial charge on any atom is -0.454 e. The van der Waals surface area contributed by atoms with Gasteiger partial charge in [-0.15, -0.1) is 11.3 Å². The molecular formula is C17H16N2O4S.